The van der Waals surface area contributed by atoms with Crippen LogP contribution < -0.4 is 5.32 Å². The molecule has 0 saturated carbocycles. The number of phenols is 1. The number of hydrogen-bond donors (Lipinski definition) is 2. The number of nitrogens with zero attached hydrogens (tertiary/aromatic N) is 3. The third-order valence-electron chi connectivity index (χ3n) is 3.69. The number of carbonyl (C=O) groups excluding carboxylic acids is 1. The van der Waals surface area contributed by atoms with Gasteiger partial charge in [0.15, 0.2) is 0 Å². The molecule has 1 heterocycles. The molecular formula is C16H18N4O4. The normalized spacial score (nSPS) is 11.0. The smallest absolute Gasteiger partial charge is 0.270 e. The molecule has 0 aliphatic rings. The second kappa shape index (κ2) is 6.95. The van der Waals surface area contributed by atoms with E-state index in [2.05, 4.69) is 10.4 Å². The molecule has 2 N–H and O–H groups in total. The molecule has 8 heteroatoms. The maximum Gasteiger partial charge on any atom is 0.270 e. The van der Waals surface area contributed by atoms with Crippen LogP contribution in [0.4, 0.5) is 5.69 Å². The van der Waals surface area contributed by atoms with Gasteiger partial charge in [-0.05, 0) is 26.0 Å². The molecule has 0 aliphatic carbocycles. The molecule has 2 aromatic rings. The fourth-order valence-corrected chi connectivity index (χ4v) is 2.26. The molecule has 8 nitrogen and oxygen atoms in total. The summed E-state index contributed by atoms with van der Waals surface area (Å²) in [6.45, 7) is 3.74. The Labute approximate surface area is 138 Å². The highest BCUT2D eigenvalue weighted by Crippen LogP contribution is 2.22. The molecule has 0 atom stereocenters. The Morgan fingerprint density at radius 1 is 1.46 bits per heavy atom. The lowest BCUT2D eigenvalue weighted by molar-refractivity contribution is -0.384. The van der Waals surface area contributed by atoms with Gasteiger partial charge in [0.1, 0.15) is 5.75 Å². The van der Waals surface area contributed by atoms with Crippen molar-refractivity contribution in [2.75, 3.05) is 0 Å². The largest absolute Gasteiger partial charge is 0.508 e. The van der Waals surface area contributed by atoms with Gasteiger partial charge >= 0.3 is 0 Å². The van der Waals surface area contributed by atoms with E-state index in [0.717, 1.165) is 17.0 Å². The quantitative estimate of drug-likeness (QED) is 0.495. The average molecular weight is 330 g/mol. The van der Waals surface area contributed by atoms with Crippen LogP contribution in [0.2, 0.25) is 0 Å². The molecule has 1 aromatic carbocycles. The summed E-state index contributed by atoms with van der Waals surface area (Å²) in [5.74, 6) is -0.479. The van der Waals surface area contributed by atoms with Gasteiger partial charge < -0.3 is 10.4 Å². The summed E-state index contributed by atoms with van der Waals surface area (Å²) in [4.78, 5) is 22.1. The van der Waals surface area contributed by atoms with Gasteiger partial charge in [-0.2, -0.15) is 5.10 Å². The molecule has 24 heavy (non-hydrogen) atoms. The lowest BCUT2D eigenvalue weighted by atomic mass is 10.1. The van der Waals surface area contributed by atoms with Gasteiger partial charge in [0.05, 0.1) is 10.6 Å². The van der Waals surface area contributed by atoms with Crippen molar-refractivity contribution in [2.24, 2.45) is 7.05 Å². The maximum absolute atomic E-state index is 11.9. The van der Waals surface area contributed by atoms with Crippen molar-refractivity contribution in [3.63, 3.8) is 0 Å². The van der Waals surface area contributed by atoms with E-state index in [4.69, 9.17) is 0 Å². The zero-order valence-electron chi connectivity index (χ0n) is 13.6. The number of amides is 1. The molecule has 0 bridgehead atoms. The number of hydrogen-bond acceptors (Lipinski definition) is 5. The van der Waals surface area contributed by atoms with E-state index < -0.39 is 4.92 Å². The number of benzene rings is 1. The molecule has 0 fully saturated rings. The third kappa shape index (κ3) is 3.78. The van der Waals surface area contributed by atoms with Crippen LogP contribution in [0, 0.1) is 24.0 Å². The first-order chi connectivity index (χ1) is 11.3. The van der Waals surface area contributed by atoms with Crippen molar-refractivity contribution in [3.8, 4) is 5.75 Å². The first kappa shape index (κ1) is 17.2. The molecule has 1 amide bonds. The minimum atomic E-state index is -0.557. The van der Waals surface area contributed by atoms with Crippen LogP contribution in [-0.2, 0) is 18.4 Å². The van der Waals surface area contributed by atoms with Crippen molar-refractivity contribution in [1.29, 1.82) is 0 Å². The predicted octanol–water partition coefficient (Wildman–Crippen LogP) is 1.98. The van der Waals surface area contributed by atoms with Crippen molar-refractivity contribution in [3.05, 3.63) is 56.9 Å². The van der Waals surface area contributed by atoms with Crippen LogP contribution in [0.25, 0.3) is 6.08 Å². The van der Waals surface area contributed by atoms with Crippen LogP contribution in [0.15, 0.2) is 24.3 Å². The van der Waals surface area contributed by atoms with Crippen LogP contribution in [0.1, 0.15) is 22.5 Å². The molecule has 2 rings (SSSR count). The molecule has 0 aliphatic heterocycles. The van der Waals surface area contributed by atoms with Gasteiger partial charge in [-0.1, -0.05) is 0 Å². The fourth-order valence-electron chi connectivity index (χ4n) is 2.26. The van der Waals surface area contributed by atoms with Gasteiger partial charge in [-0.15, -0.1) is 0 Å². The van der Waals surface area contributed by atoms with E-state index in [1.165, 1.54) is 24.3 Å². The first-order valence-corrected chi connectivity index (χ1v) is 7.22. The average Bonchev–Trinajstić information content (AvgIpc) is 2.77. The number of rotatable bonds is 5. The van der Waals surface area contributed by atoms with Crippen LogP contribution in [0.3, 0.4) is 0 Å². The predicted molar refractivity (Wildman–Crippen MR) is 88.3 cm³/mol. The van der Waals surface area contributed by atoms with Crippen molar-refractivity contribution < 1.29 is 14.8 Å². The first-order valence-electron chi connectivity index (χ1n) is 7.22. The number of aryl methyl sites for hydroxylation is 2. The Bertz CT molecular complexity index is 824. The summed E-state index contributed by atoms with van der Waals surface area (Å²) in [6.07, 6.45) is 3.03. The summed E-state index contributed by atoms with van der Waals surface area (Å²) in [6, 6.07) is 3.67. The number of nitro benzene ring substituents is 1. The number of carbonyl (C=O) groups is 1. The van der Waals surface area contributed by atoms with E-state index in [1.807, 2.05) is 20.9 Å². The Hall–Kier alpha value is -3.16. The molecule has 0 radical (unpaired) electrons. The van der Waals surface area contributed by atoms with Gasteiger partial charge in [-0.25, -0.2) is 0 Å². The Morgan fingerprint density at radius 2 is 2.17 bits per heavy atom. The lowest BCUT2D eigenvalue weighted by Crippen LogP contribution is -2.20. The maximum atomic E-state index is 11.9. The van der Waals surface area contributed by atoms with Crippen LogP contribution in [-0.4, -0.2) is 25.7 Å². The van der Waals surface area contributed by atoms with E-state index in [1.54, 1.807) is 10.8 Å². The minimum Gasteiger partial charge on any atom is -0.508 e. The summed E-state index contributed by atoms with van der Waals surface area (Å²) < 4.78 is 1.73. The van der Waals surface area contributed by atoms with Gasteiger partial charge in [0.2, 0.25) is 5.91 Å². The zero-order chi connectivity index (χ0) is 17.9. The Kier molecular flexibility index (Phi) is 4.98. The third-order valence-corrected chi connectivity index (χ3v) is 3.69. The number of aromatic hydroxyl groups is 1. The molecular weight excluding hydrogens is 312 g/mol. The van der Waals surface area contributed by atoms with E-state index in [9.17, 15) is 20.0 Å². The SMILES string of the molecule is Cc1nn(C)c(C)c1C=CC(=O)NCc1cc([N+](=O)[O-])ccc1O. The number of nitrogens with one attached hydrogen (secondary N) is 1. The Balaban J connectivity index is 2.05. The monoisotopic (exact) mass is 330 g/mol. The zero-order valence-corrected chi connectivity index (χ0v) is 13.6. The summed E-state index contributed by atoms with van der Waals surface area (Å²) >= 11 is 0. The summed E-state index contributed by atoms with van der Waals surface area (Å²) in [5, 5.41) is 27.3. The second-order valence-electron chi connectivity index (χ2n) is 5.33. The molecule has 1 aromatic heterocycles. The Morgan fingerprint density at radius 3 is 2.75 bits per heavy atom. The second-order valence-corrected chi connectivity index (χ2v) is 5.33. The fraction of sp³-hybridized carbons (Fsp3) is 0.250. The van der Waals surface area contributed by atoms with Gasteiger partial charge in [0, 0.05) is 48.6 Å². The summed E-state index contributed by atoms with van der Waals surface area (Å²) in [5.41, 5.74) is 2.75. The molecule has 0 unspecified atom stereocenters. The van der Waals surface area contributed by atoms with Crippen molar-refractivity contribution in [1.82, 2.24) is 15.1 Å². The number of nitro groups is 1. The highest BCUT2D eigenvalue weighted by Gasteiger charge is 2.11. The number of aromatic nitrogens is 2. The minimum absolute atomic E-state index is 0.0122. The van der Waals surface area contributed by atoms with Crippen LogP contribution in [0.5, 0.6) is 5.75 Å². The molecule has 0 spiro atoms. The highest BCUT2D eigenvalue weighted by molar-refractivity contribution is 5.92. The molecule has 0 saturated heterocycles. The van der Waals surface area contributed by atoms with E-state index in [0.29, 0.717) is 0 Å². The molecule has 126 valence electrons. The van der Waals surface area contributed by atoms with E-state index in [-0.39, 0.29) is 29.5 Å². The highest BCUT2D eigenvalue weighted by atomic mass is 16.6. The summed E-state index contributed by atoms with van der Waals surface area (Å²) in [7, 11) is 1.82. The number of non-ortho nitro benzene ring substituents is 1. The standard InChI is InChI=1S/C16H18N4O4/c1-10-14(11(2)19(3)18-10)5-7-16(22)17-9-12-8-13(20(23)24)4-6-15(12)21/h4-8,21H,9H2,1-3H3,(H,17,22). The topological polar surface area (TPSA) is 110 Å². The van der Waals surface area contributed by atoms with Crippen LogP contribution >= 0.6 is 0 Å². The van der Waals surface area contributed by atoms with Gasteiger partial charge in [0.25, 0.3) is 5.69 Å². The van der Waals surface area contributed by atoms with Gasteiger partial charge in [-0.3, -0.25) is 19.6 Å². The number of phenolic OH excluding ortho intramolecular Hbond substituents is 1. The van der Waals surface area contributed by atoms with E-state index >= 15 is 0 Å². The van der Waals surface area contributed by atoms with Crippen molar-refractivity contribution in [2.45, 2.75) is 20.4 Å². The lowest BCUT2D eigenvalue weighted by Gasteiger charge is -2.05. The van der Waals surface area contributed by atoms with Crippen molar-refractivity contribution >= 4 is 17.7 Å².